The SMILES string of the molecule is CCCCCCCCCCCCCCCCCCCCCCCCC(=O)O[C@H](COC(=O)CCCCCCCCCCC(C)C)COP(=O)(O)OC[C@@H](O)COP(=O)(O)OC[C@@H](COC(=O)CCCCCCCCCCC)OC(=O)CCCCCCCCC(C)CC. The molecule has 0 radical (unpaired) electrons. The van der Waals surface area contributed by atoms with Crippen molar-refractivity contribution in [3.63, 3.8) is 0 Å². The fourth-order valence-electron chi connectivity index (χ4n) is 11.1. The summed E-state index contributed by atoms with van der Waals surface area (Å²) in [7, 11) is -9.90. The molecule has 0 amide bonds. The van der Waals surface area contributed by atoms with Gasteiger partial charge in [-0.1, -0.05) is 324 Å². The number of rotatable bonds is 72. The monoisotopic (exact) mass is 1350 g/mol. The zero-order valence-electron chi connectivity index (χ0n) is 59.9. The van der Waals surface area contributed by atoms with Crippen LogP contribution in [0.2, 0.25) is 0 Å². The van der Waals surface area contributed by atoms with Crippen LogP contribution >= 0.6 is 15.6 Å². The van der Waals surface area contributed by atoms with Crippen molar-refractivity contribution >= 4 is 39.5 Å². The van der Waals surface area contributed by atoms with E-state index < -0.39 is 97.5 Å². The number of aliphatic hydroxyl groups excluding tert-OH is 1. The molecule has 0 aliphatic carbocycles. The van der Waals surface area contributed by atoms with Gasteiger partial charge in [0.05, 0.1) is 26.4 Å². The Labute approximate surface area is 562 Å². The van der Waals surface area contributed by atoms with E-state index >= 15 is 0 Å². The van der Waals surface area contributed by atoms with Gasteiger partial charge >= 0.3 is 39.5 Å². The van der Waals surface area contributed by atoms with Gasteiger partial charge in [-0.05, 0) is 37.5 Å². The van der Waals surface area contributed by atoms with Crippen molar-refractivity contribution < 1.29 is 80.2 Å². The molecule has 0 aromatic rings. The van der Waals surface area contributed by atoms with Gasteiger partial charge in [-0.2, -0.15) is 0 Å². The van der Waals surface area contributed by atoms with Gasteiger partial charge in [0, 0.05) is 25.7 Å². The molecule has 0 aliphatic heterocycles. The standard InChI is InChI=1S/C73H142O17P2/c1-7-10-12-14-16-18-19-20-21-22-23-24-25-26-27-28-29-30-32-38-45-51-57-72(77)89-68(61-84-71(76)56-50-44-37-34-33-35-41-47-53-65(4)5)63-87-91(79,80)85-59-67(74)60-86-92(81,82)88-64-69(62-83-70(75)55-49-43-36-31-17-15-13-11-8-2)90-73(78)58-52-46-40-39-42-48-54-66(6)9-3/h65-69,74H,7-64H2,1-6H3,(H,79,80)(H,81,82)/t66?,67-,68-,69-/m1/s1. The fraction of sp³-hybridized carbons (Fsp3) is 0.945. The van der Waals surface area contributed by atoms with E-state index in [-0.39, 0.29) is 25.7 Å². The number of phosphoric ester groups is 2. The van der Waals surface area contributed by atoms with Crippen LogP contribution in [0.4, 0.5) is 0 Å². The van der Waals surface area contributed by atoms with Crippen LogP contribution in [0.25, 0.3) is 0 Å². The van der Waals surface area contributed by atoms with Crippen molar-refractivity contribution in [1.29, 1.82) is 0 Å². The molecule has 0 heterocycles. The average molecular weight is 1350 g/mol. The van der Waals surface area contributed by atoms with Gasteiger partial charge in [-0.15, -0.1) is 0 Å². The van der Waals surface area contributed by atoms with Gasteiger partial charge in [-0.25, -0.2) is 9.13 Å². The highest BCUT2D eigenvalue weighted by Crippen LogP contribution is 2.45. The minimum Gasteiger partial charge on any atom is -0.462 e. The Morgan fingerprint density at radius 3 is 0.826 bits per heavy atom. The average Bonchev–Trinajstić information content (AvgIpc) is 3.21. The highest BCUT2D eigenvalue weighted by Gasteiger charge is 2.30. The van der Waals surface area contributed by atoms with Crippen molar-refractivity contribution in [3.05, 3.63) is 0 Å². The van der Waals surface area contributed by atoms with Crippen LogP contribution in [0.5, 0.6) is 0 Å². The minimum absolute atomic E-state index is 0.103. The van der Waals surface area contributed by atoms with E-state index in [0.29, 0.717) is 25.7 Å². The zero-order chi connectivity index (χ0) is 67.9. The second kappa shape index (κ2) is 65.0. The summed E-state index contributed by atoms with van der Waals surface area (Å²) in [5, 5.41) is 10.6. The topological polar surface area (TPSA) is 237 Å². The molecule has 0 aromatic carbocycles. The molecule has 0 saturated heterocycles. The van der Waals surface area contributed by atoms with Gasteiger partial charge in [0.25, 0.3) is 0 Å². The molecule has 546 valence electrons. The fourth-order valence-corrected chi connectivity index (χ4v) is 12.7. The molecule has 6 atom stereocenters. The van der Waals surface area contributed by atoms with Crippen LogP contribution in [-0.4, -0.2) is 96.7 Å². The first-order chi connectivity index (χ1) is 44.4. The lowest BCUT2D eigenvalue weighted by atomic mass is 10.00. The van der Waals surface area contributed by atoms with Crippen LogP contribution < -0.4 is 0 Å². The molecule has 19 heteroatoms. The van der Waals surface area contributed by atoms with E-state index in [4.69, 9.17) is 37.0 Å². The lowest BCUT2D eigenvalue weighted by Gasteiger charge is -2.21. The molecule has 0 saturated carbocycles. The van der Waals surface area contributed by atoms with Crippen LogP contribution in [-0.2, 0) is 65.4 Å². The normalized spacial score (nSPS) is 14.4. The van der Waals surface area contributed by atoms with Gasteiger partial charge in [0.15, 0.2) is 12.2 Å². The van der Waals surface area contributed by atoms with E-state index in [2.05, 4.69) is 41.5 Å². The summed E-state index contributed by atoms with van der Waals surface area (Å²) in [5.74, 6) is -0.681. The second-order valence-corrected chi connectivity index (χ2v) is 30.0. The van der Waals surface area contributed by atoms with Gasteiger partial charge in [0.1, 0.15) is 19.3 Å². The maximum Gasteiger partial charge on any atom is 0.472 e. The lowest BCUT2D eigenvalue weighted by molar-refractivity contribution is -0.161. The quantitative estimate of drug-likeness (QED) is 0.0222. The summed E-state index contributed by atoms with van der Waals surface area (Å²) >= 11 is 0. The van der Waals surface area contributed by atoms with Crippen molar-refractivity contribution in [1.82, 2.24) is 0 Å². The third-order valence-electron chi connectivity index (χ3n) is 17.3. The molecule has 3 N–H and O–H groups in total. The maximum absolute atomic E-state index is 13.0. The van der Waals surface area contributed by atoms with Gasteiger partial charge in [-0.3, -0.25) is 37.3 Å². The molecule has 0 rings (SSSR count). The van der Waals surface area contributed by atoms with E-state index in [9.17, 15) is 43.2 Å². The number of carbonyl (C=O) groups excluding carboxylic acids is 4. The predicted octanol–water partition coefficient (Wildman–Crippen LogP) is 21.2. The Bertz CT molecular complexity index is 1790. The van der Waals surface area contributed by atoms with Crippen molar-refractivity contribution in [2.45, 2.75) is 394 Å². The smallest absolute Gasteiger partial charge is 0.462 e. The molecule has 0 aromatic heterocycles. The van der Waals surface area contributed by atoms with Crippen molar-refractivity contribution in [2.24, 2.45) is 11.8 Å². The van der Waals surface area contributed by atoms with E-state index in [1.807, 2.05) is 0 Å². The summed E-state index contributed by atoms with van der Waals surface area (Å²) < 4.78 is 68.3. The summed E-state index contributed by atoms with van der Waals surface area (Å²) in [4.78, 5) is 72.5. The number of carbonyl (C=O) groups is 4. The Morgan fingerprint density at radius 1 is 0.315 bits per heavy atom. The molecule has 92 heavy (non-hydrogen) atoms. The third kappa shape index (κ3) is 65.4. The van der Waals surface area contributed by atoms with Crippen molar-refractivity contribution in [3.8, 4) is 0 Å². The Morgan fingerprint density at radius 2 is 0.554 bits per heavy atom. The first-order valence-electron chi connectivity index (χ1n) is 38.0. The van der Waals surface area contributed by atoms with E-state index in [0.717, 1.165) is 102 Å². The van der Waals surface area contributed by atoms with Gasteiger partial charge in [0.2, 0.25) is 0 Å². The highest BCUT2D eigenvalue weighted by atomic mass is 31.2. The number of phosphoric acid groups is 2. The number of unbranched alkanes of at least 4 members (excludes halogenated alkanes) is 41. The number of esters is 4. The number of hydrogen-bond acceptors (Lipinski definition) is 15. The first-order valence-corrected chi connectivity index (χ1v) is 41.0. The van der Waals surface area contributed by atoms with Crippen LogP contribution in [0, 0.1) is 11.8 Å². The summed E-state index contributed by atoms with van der Waals surface area (Å²) in [6.45, 7) is 9.46. The predicted molar refractivity (Wildman–Crippen MR) is 372 cm³/mol. The summed E-state index contributed by atoms with van der Waals surface area (Å²) in [5.41, 5.74) is 0. The molecule has 0 fully saturated rings. The number of aliphatic hydroxyl groups is 1. The Kier molecular flexibility index (Phi) is 63.7. The van der Waals surface area contributed by atoms with E-state index in [1.54, 1.807) is 0 Å². The van der Waals surface area contributed by atoms with E-state index in [1.165, 1.54) is 193 Å². The number of hydrogen-bond donors (Lipinski definition) is 3. The molecule has 3 unspecified atom stereocenters. The molecular formula is C73H142O17P2. The number of ether oxygens (including phenoxy) is 4. The largest absolute Gasteiger partial charge is 0.472 e. The van der Waals surface area contributed by atoms with Crippen LogP contribution in [0.1, 0.15) is 375 Å². The minimum atomic E-state index is -4.95. The Hall–Kier alpha value is -1.94. The van der Waals surface area contributed by atoms with Crippen LogP contribution in [0.3, 0.4) is 0 Å². The van der Waals surface area contributed by atoms with Gasteiger partial charge < -0.3 is 33.8 Å². The molecular weight excluding hydrogens is 1210 g/mol. The molecule has 0 aliphatic rings. The summed E-state index contributed by atoms with van der Waals surface area (Å²) in [6.07, 6.45) is 51.7. The first kappa shape index (κ1) is 90.1. The highest BCUT2D eigenvalue weighted by molar-refractivity contribution is 7.47. The molecule has 0 bridgehead atoms. The zero-order valence-corrected chi connectivity index (χ0v) is 61.6. The molecule has 17 nitrogen and oxygen atoms in total. The summed E-state index contributed by atoms with van der Waals surface area (Å²) in [6, 6.07) is 0. The second-order valence-electron chi connectivity index (χ2n) is 27.1. The Balaban J connectivity index is 5.14. The lowest BCUT2D eigenvalue weighted by Crippen LogP contribution is -2.30. The maximum atomic E-state index is 13.0. The van der Waals surface area contributed by atoms with Crippen molar-refractivity contribution in [2.75, 3.05) is 39.6 Å². The molecule has 0 spiro atoms. The van der Waals surface area contributed by atoms with Crippen LogP contribution in [0.15, 0.2) is 0 Å². The third-order valence-corrected chi connectivity index (χ3v) is 19.2.